The normalized spacial score (nSPS) is 13.3. The van der Waals surface area contributed by atoms with Crippen LogP contribution >= 0.6 is 23.5 Å². The molecule has 578 valence electrons. The number of hydrogen-bond donors (Lipinski definition) is 10. The quantitative estimate of drug-likeness (QED) is 0.0221. The van der Waals surface area contributed by atoms with E-state index in [9.17, 15) is 64.3 Å². The first-order valence-corrected chi connectivity index (χ1v) is 40.9. The second-order valence-electron chi connectivity index (χ2n) is 23.9. The fraction of sp³-hybridized carbons (Fsp3) is 0.159. The average molecular weight is 1700 g/mol. The molecule has 6 aromatic carbocycles. The molecule has 0 aliphatic carbocycles. The van der Waals surface area contributed by atoms with Gasteiger partial charge in [0.15, 0.2) is 0 Å². The predicted molar refractivity (Wildman–Crippen MR) is 448 cm³/mol. The minimum absolute atomic E-state index is 0. The van der Waals surface area contributed by atoms with E-state index >= 15 is 0 Å². The van der Waals surface area contributed by atoms with Crippen LogP contribution in [0.3, 0.4) is 0 Å². The molecule has 22 nitrogen and oxygen atoms in total. The van der Waals surface area contributed by atoms with Crippen molar-refractivity contribution in [3.63, 3.8) is 0 Å². The third-order valence-electron chi connectivity index (χ3n) is 14.5. The van der Waals surface area contributed by atoms with E-state index in [4.69, 9.17) is 12.8 Å². The van der Waals surface area contributed by atoms with Crippen LogP contribution in [-0.2, 0) is 57.5 Å². The van der Waals surface area contributed by atoms with Gasteiger partial charge in [-0.2, -0.15) is 0 Å². The number of rotatable bonds is 20. The third-order valence-corrected chi connectivity index (χ3v) is 23.3. The smallest absolute Gasteiger partial charge is 0.240 e. The summed E-state index contributed by atoms with van der Waals surface area (Å²) in [6.45, 7) is 7.64. The van der Waals surface area contributed by atoms with E-state index in [-0.39, 0.29) is 118 Å². The molecule has 2 fully saturated rings. The summed E-state index contributed by atoms with van der Waals surface area (Å²) < 4.78 is 114. The molecule has 2 atom stereocenters. The Balaban J connectivity index is 0.000000360. The van der Waals surface area contributed by atoms with Gasteiger partial charge in [0.1, 0.15) is 56.6 Å². The van der Waals surface area contributed by atoms with Gasteiger partial charge in [0.2, 0.25) is 40.1 Å². The largest absolute Gasteiger partial charge is 0.508 e. The van der Waals surface area contributed by atoms with Crippen molar-refractivity contribution in [1.29, 1.82) is 0 Å². The van der Waals surface area contributed by atoms with Crippen molar-refractivity contribution in [2.75, 3.05) is 39.3 Å². The molecule has 10 N–H and O–H groups in total. The first-order chi connectivity index (χ1) is 55.4. The number of thioether (sulfide) groups is 2. The van der Waals surface area contributed by atoms with Gasteiger partial charge in [0.25, 0.3) is 0 Å². The van der Waals surface area contributed by atoms with Crippen LogP contribution in [0.25, 0.3) is 0 Å². The molecule has 29 heteroatoms. The zero-order valence-electron chi connectivity index (χ0n) is 61.8. The number of nitrogens with one attached hydrogen (secondary N) is 4. The van der Waals surface area contributed by atoms with E-state index < -0.39 is 50.8 Å². The molecular formula is C88H60CrN8O14S6. The minimum Gasteiger partial charge on any atom is -0.508 e. The van der Waals surface area contributed by atoms with Crippen molar-refractivity contribution in [1.82, 2.24) is 28.7 Å². The molecule has 0 aromatic heterocycles. The Bertz CT molecular complexity index is 6270. The summed E-state index contributed by atoms with van der Waals surface area (Å²) in [7, 11) is -16.6. The summed E-state index contributed by atoms with van der Waals surface area (Å²) in [5, 5.41) is 60.8. The number of benzene rings is 6. The van der Waals surface area contributed by atoms with Crippen LogP contribution in [0.15, 0.2) is 151 Å². The number of para-hydroxylation sites is 2. The molecule has 0 bridgehead atoms. The van der Waals surface area contributed by atoms with Crippen molar-refractivity contribution >= 4 is 87.4 Å². The van der Waals surface area contributed by atoms with Gasteiger partial charge >= 0.3 is 0 Å². The molecule has 0 amide bonds. The van der Waals surface area contributed by atoms with E-state index in [1.165, 1.54) is 96.6 Å². The van der Waals surface area contributed by atoms with E-state index in [0.29, 0.717) is 35.3 Å². The maximum Gasteiger partial charge on any atom is 0.240 e. The third kappa shape index (κ3) is 30.1. The summed E-state index contributed by atoms with van der Waals surface area (Å²) in [5.41, 5.74) is 1.19. The maximum absolute atomic E-state index is 13.3. The molecule has 2 heterocycles. The Morgan fingerprint density at radius 3 is 0.889 bits per heavy atom. The Kier molecular flexibility index (Phi) is 35.4. The summed E-state index contributed by atoms with van der Waals surface area (Å²) in [5.74, 6) is 78.5. The zero-order chi connectivity index (χ0) is 84.0. The van der Waals surface area contributed by atoms with Crippen LogP contribution in [0, 0.1) is 214 Å². The minimum atomic E-state index is -4.16. The van der Waals surface area contributed by atoms with Crippen molar-refractivity contribution in [3.8, 4) is 249 Å². The van der Waals surface area contributed by atoms with E-state index in [1.54, 1.807) is 46.2 Å². The standard InChI is InChI=1S/2C44H30N4O7S3.Cr/c2*1-4-5-6-7-8-9-10-11-12-13-14-15-16-17-18-21-30-48-34-44(2,3)56-43(48)38-31-36(24-26-41(38)50)57(52,53)46-28-29-47-58(54,55)37-25-27-42(51)39(32-37)45-33-35-22-19-20-23-40(35)49;/h2*1,19-20,22-27,31-33,43,46-47,49-51H,28-29,34H2,2-3H3;. The number of terminal acetylenes is 2. The van der Waals surface area contributed by atoms with Crippen LogP contribution in [0.2, 0.25) is 0 Å². The first-order valence-electron chi connectivity index (χ1n) is 33.2. The molecule has 6 aromatic rings. The van der Waals surface area contributed by atoms with Crippen LogP contribution in [0.5, 0.6) is 34.5 Å². The monoisotopic (exact) mass is 1700 g/mol. The second kappa shape index (κ2) is 45.0. The van der Waals surface area contributed by atoms with Crippen molar-refractivity contribution in [2.24, 2.45) is 9.98 Å². The number of aliphatic imine (C=N–C) groups is 2. The molecule has 2 saturated heterocycles. The number of hydrogen-bond acceptors (Lipinski definition) is 20. The average Bonchev–Trinajstić information content (AvgIpc) is 1.47. The van der Waals surface area contributed by atoms with Gasteiger partial charge in [-0.05, 0) is 219 Å². The second-order valence-corrected chi connectivity index (χ2v) is 34.6. The van der Waals surface area contributed by atoms with E-state index in [1.807, 2.05) is 27.7 Å². The summed E-state index contributed by atoms with van der Waals surface area (Å²) in [6, 6.07) is 33.2. The molecule has 2 aliphatic heterocycles. The maximum atomic E-state index is 13.3. The Morgan fingerprint density at radius 2 is 0.615 bits per heavy atom. The van der Waals surface area contributed by atoms with Crippen molar-refractivity contribution in [3.05, 3.63) is 144 Å². The van der Waals surface area contributed by atoms with Crippen molar-refractivity contribution < 1.29 is 81.7 Å². The molecule has 117 heavy (non-hydrogen) atoms. The van der Waals surface area contributed by atoms with Gasteiger partial charge in [-0.25, -0.2) is 52.6 Å². The predicted octanol–water partition coefficient (Wildman–Crippen LogP) is 6.51. The summed E-state index contributed by atoms with van der Waals surface area (Å²) >= 11 is 2.95. The van der Waals surface area contributed by atoms with Gasteiger partial charge in [-0.15, -0.1) is 36.4 Å². The van der Waals surface area contributed by atoms with Crippen LogP contribution in [0.1, 0.15) is 60.7 Å². The fourth-order valence-electron chi connectivity index (χ4n) is 9.42. The summed E-state index contributed by atoms with van der Waals surface area (Å²) in [6.07, 6.45) is 12.5. The van der Waals surface area contributed by atoms with Crippen LogP contribution < -0.4 is 18.9 Å². The number of nitrogens with zero attached hydrogens (tertiary/aromatic N) is 4. The van der Waals surface area contributed by atoms with Gasteiger partial charge in [-0.1, -0.05) is 24.3 Å². The molecule has 8 rings (SSSR count). The molecule has 0 saturated carbocycles. The Hall–Kier alpha value is -14.0. The fourth-order valence-corrected chi connectivity index (χ4v) is 16.4. The molecule has 0 radical (unpaired) electrons. The van der Waals surface area contributed by atoms with Gasteiger partial charge in [-0.3, -0.25) is 9.98 Å². The van der Waals surface area contributed by atoms with Gasteiger partial charge < -0.3 is 40.4 Å². The topological polar surface area (TPSA) is 337 Å². The molecule has 2 aliphatic rings. The van der Waals surface area contributed by atoms with Crippen LogP contribution in [0.4, 0.5) is 11.4 Å². The zero-order valence-corrected chi connectivity index (χ0v) is 68.0. The molecular weight excluding hydrogens is 1640 g/mol. The van der Waals surface area contributed by atoms with E-state index in [2.05, 4.69) is 230 Å². The van der Waals surface area contributed by atoms with E-state index in [0.717, 1.165) is 24.3 Å². The Morgan fingerprint density at radius 1 is 0.368 bits per heavy atom. The first kappa shape index (κ1) is 91.9. The van der Waals surface area contributed by atoms with Crippen molar-refractivity contribution in [2.45, 2.75) is 67.5 Å². The van der Waals surface area contributed by atoms with Gasteiger partial charge in [0, 0.05) is 208 Å². The Labute approximate surface area is 701 Å². The van der Waals surface area contributed by atoms with Crippen LogP contribution in [-0.4, -0.2) is 135 Å². The molecule has 2 unspecified atom stereocenters. The number of phenols is 6. The SMILES string of the molecule is C#CC#CC#CC#CC#CC#CC#CC#CC#CN1CC(C)(C)SC1c1cc(S(=O)(=O)NCCNS(=O)(=O)c2ccc(O)c(N=Cc3ccccc3O)c2)ccc1O.C#CC#CC#CC#CC#CC#CC#CC#CC#CN1CC(C)(C)SC1c1cc(S(=O)(=O)NCCNS(=O)(=O)c2ccc(O)c(N=Cc3ccccc3O)c2)ccc1O.[Cr]. The summed E-state index contributed by atoms with van der Waals surface area (Å²) in [4.78, 5) is 10.9. The number of phenolic OH excluding ortho intramolecular Hbond substituents is 6. The number of aromatic hydroxyl groups is 6. The molecule has 0 spiro atoms. The number of sulfonamides is 4. The van der Waals surface area contributed by atoms with Gasteiger partial charge in [0.05, 0.1) is 19.6 Å².